The minimum Gasteiger partial charge on any atom is -0.394 e. The Kier molecular flexibility index (Phi) is 4.75. The van der Waals surface area contributed by atoms with Gasteiger partial charge in [0, 0.05) is 23.7 Å². The maximum absolute atomic E-state index is 11.6. The molecule has 0 aliphatic rings. The van der Waals surface area contributed by atoms with Gasteiger partial charge in [0.2, 0.25) is 0 Å². The molecule has 0 bridgehead atoms. The molecule has 0 radical (unpaired) electrons. The lowest BCUT2D eigenvalue weighted by Gasteiger charge is -2.09. The topological polar surface area (TPSA) is 113 Å². The van der Waals surface area contributed by atoms with Crippen molar-refractivity contribution in [1.82, 2.24) is 5.32 Å². The van der Waals surface area contributed by atoms with Gasteiger partial charge in [0.25, 0.3) is 11.6 Å². The fourth-order valence-electron chi connectivity index (χ4n) is 1.32. The summed E-state index contributed by atoms with van der Waals surface area (Å²) in [5, 5.41) is 30.7. The molecule has 18 heavy (non-hydrogen) atoms. The Bertz CT molecular complexity index is 461. The van der Waals surface area contributed by atoms with Gasteiger partial charge in [0.05, 0.1) is 17.6 Å². The van der Waals surface area contributed by atoms with Crippen molar-refractivity contribution in [3.05, 3.63) is 39.4 Å². The lowest BCUT2D eigenvalue weighted by atomic mass is 10.1. The van der Waals surface area contributed by atoms with Crippen molar-refractivity contribution in [2.75, 3.05) is 13.2 Å². The first-order valence-corrected chi connectivity index (χ1v) is 5.28. The van der Waals surface area contributed by atoms with Gasteiger partial charge in [0.15, 0.2) is 0 Å². The summed E-state index contributed by atoms with van der Waals surface area (Å²) < 4.78 is 0. The summed E-state index contributed by atoms with van der Waals surface area (Å²) in [4.78, 5) is 21.8. The number of amides is 1. The molecule has 0 saturated heterocycles. The molecule has 0 aliphatic heterocycles. The number of nitro groups is 1. The molecule has 1 unspecified atom stereocenters. The number of carbonyl (C=O) groups is 1. The van der Waals surface area contributed by atoms with Crippen molar-refractivity contribution in [3.8, 4) is 0 Å². The number of aryl methyl sites for hydroxylation is 1. The highest BCUT2D eigenvalue weighted by atomic mass is 16.6. The van der Waals surface area contributed by atoms with Crippen LogP contribution in [0.3, 0.4) is 0 Å². The summed E-state index contributed by atoms with van der Waals surface area (Å²) in [5.74, 6) is -0.536. The molecular weight excluding hydrogens is 240 g/mol. The van der Waals surface area contributed by atoms with Crippen LogP contribution in [-0.4, -0.2) is 40.3 Å². The Hall–Kier alpha value is -1.99. The zero-order valence-electron chi connectivity index (χ0n) is 9.79. The molecule has 0 aliphatic carbocycles. The number of aliphatic hydroxyl groups is 2. The van der Waals surface area contributed by atoms with Gasteiger partial charge < -0.3 is 15.5 Å². The summed E-state index contributed by atoms with van der Waals surface area (Å²) in [6.07, 6.45) is -1.05. The van der Waals surface area contributed by atoms with E-state index in [1.807, 2.05) is 0 Å². The lowest BCUT2D eigenvalue weighted by molar-refractivity contribution is -0.385. The number of nitro benzene ring substituents is 1. The average molecular weight is 254 g/mol. The Balaban J connectivity index is 2.80. The summed E-state index contributed by atoms with van der Waals surface area (Å²) >= 11 is 0. The van der Waals surface area contributed by atoms with Crippen LogP contribution in [0, 0.1) is 17.0 Å². The molecule has 7 heteroatoms. The highest BCUT2D eigenvalue weighted by Gasteiger charge is 2.15. The Morgan fingerprint density at radius 1 is 1.56 bits per heavy atom. The van der Waals surface area contributed by atoms with Gasteiger partial charge in [-0.15, -0.1) is 0 Å². The fraction of sp³-hybridized carbons (Fsp3) is 0.364. The van der Waals surface area contributed by atoms with Crippen LogP contribution in [0.2, 0.25) is 0 Å². The first-order chi connectivity index (χ1) is 8.45. The maximum atomic E-state index is 11.6. The third kappa shape index (κ3) is 3.51. The predicted octanol–water partition coefficient (Wildman–Crippen LogP) is -0.0138. The molecule has 1 aromatic rings. The molecular formula is C11H14N2O5. The Morgan fingerprint density at radius 2 is 2.22 bits per heavy atom. The van der Waals surface area contributed by atoms with E-state index in [0.717, 1.165) is 0 Å². The molecule has 0 saturated carbocycles. The smallest absolute Gasteiger partial charge is 0.273 e. The second-order valence-electron chi connectivity index (χ2n) is 3.80. The minimum atomic E-state index is -1.05. The minimum absolute atomic E-state index is 0.114. The van der Waals surface area contributed by atoms with E-state index in [9.17, 15) is 14.9 Å². The molecule has 0 spiro atoms. The van der Waals surface area contributed by atoms with E-state index in [1.54, 1.807) is 6.92 Å². The molecule has 0 aromatic heterocycles. The van der Waals surface area contributed by atoms with Gasteiger partial charge in [0.1, 0.15) is 0 Å². The zero-order valence-corrected chi connectivity index (χ0v) is 9.79. The SMILES string of the molecule is Cc1ccc(C(=O)NCC(O)CO)cc1[N+](=O)[O-]. The zero-order chi connectivity index (χ0) is 13.7. The van der Waals surface area contributed by atoms with E-state index in [-0.39, 0.29) is 17.8 Å². The van der Waals surface area contributed by atoms with Crippen LogP contribution in [0.1, 0.15) is 15.9 Å². The number of hydrogen-bond acceptors (Lipinski definition) is 5. The Morgan fingerprint density at radius 3 is 2.78 bits per heavy atom. The first-order valence-electron chi connectivity index (χ1n) is 5.28. The number of carbonyl (C=O) groups excluding carboxylic acids is 1. The van der Waals surface area contributed by atoms with Crippen LogP contribution >= 0.6 is 0 Å². The van der Waals surface area contributed by atoms with Crippen LogP contribution in [0.5, 0.6) is 0 Å². The standard InChI is InChI=1S/C11H14N2O5/c1-7-2-3-8(4-10(7)13(17)18)11(16)12-5-9(15)6-14/h2-4,9,14-15H,5-6H2,1H3,(H,12,16). The van der Waals surface area contributed by atoms with Gasteiger partial charge in [-0.25, -0.2) is 0 Å². The van der Waals surface area contributed by atoms with Crippen LogP contribution in [0.4, 0.5) is 5.69 Å². The van der Waals surface area contributed by atoms with E-state index < -0.39 is 23.5 Å². The fourth-order valence-corrected chi connectivity index (χ4v) is 1.32. The number of aliphatic hydroxyl groups excluding tert-OH is 2. The summed E-state index contributed by atoms with van der Waals surface area (Å²) in [6.45, 7) is 1.00. The highest BCUT2D eigenvalue weighted by Crippen LogP contribution is 2.19. The third-order valence-corrected chi connectivity index (χ3v) is 2.38. The predicted molar refractivity (Wildman–Crippen MR) is 63.3 cm³/mol. The van der Waals surface area contributed by atoms with E-state index in [4.69, 9.17) is 10.2 Å². The molecule has 1 atom stereocenters. The number of nitrogens with zero attached hydrogens (tertiary/aromatic N) is 1. The van der Waals surface area contributed by atoms with Gasteiger partial charge in [-0.1, -0.05) is 6.07 Å². The number of hydrogen-bond donors (Lipinski definition) is 3. The number of rotatable bonds is 5. The quantitative estimate of drug-likeness (QED) is 0.505. The molecule has 0 fully saturated rings. The third-order valence-electron chi connectivity index (χ3n) is 2.38. The van der Waals surface area contributed by atoms with Crippen LogP contribution in [0.15, 0.2) is 18.2 Å². The van der Waals surface area contributed by atoms with Gasteiger partial charge in [-0.3, -0.25) is 14.9 Å². The number of benzene rings is 1. The van der Waals surface area contributed by atoms with Crippen molar-refractivity contribution in [2.24, 2.45) is 0 Å². The van der Waals surface area contributed by atoms with E-state index in [0.29, 0.717) is 5.56 Å². The van der Waals surface area contributed by atoms with E-state index >= 15 is 0 Å². The van der Waals surface area contributed by atoms with Crippen LogP contribution in [-0.2, 0) is 0 Å². The van der Waals surface area contributed by atoms with Crippen LogP contribution < -0.4 is 5.32 Å². The van der Waals surface area contributed by atoms with Crippen molar-refractivity contribution in [2.45, 2.75) is 13.0 Å². The highest BCUT2D eigenvalue weighted by molar-refractivity contribution is 5.95. The van der Waals surface area contributed by atoms with E-state index in [1.165, 1.54) is 18.2 Å². The molecule has 98 valence electrons. The molecule has 3 N–H and O–H groups in total. The van der Waals surface area contributed by atoms with E-state index in [2.05, 4.69) is 5.32 Å². The normalized spacial score (nSPS) is 11.9. The van der Waals surface area contributed by atoms with Gasteiger partial charge >= 0.3 is 0 Å². The van der Waals surface area contributed by atoms with Gasteiger partial charge in [-0.05, 0) is 13.0 Å². The first kappa shape index (κ1) is 14.1. The summed E-state index contributed by atoms with van der Waals surface area (Å²) in [7, 11) is 0. The monoisotopic (exact) mass is 254 g/mol. The number of nitrogens with one attached hydrogen (secondary N) is 1. The molecule has 7 nitrogen and oxygen atoms in total. The average Bonchev–Trinajstić information content (AvgIpc) is 2.35. The molecule has 1 rings (SSSR count). The second-order valence-corrected chi connectivity index (χ2v) is 3.80. The lowest BCUT2D eigenvalue weighted by Crippen LogP contribution is -2.33. The van der Waals surface area contributed by atoms with Gasteiger partial charge in [-0.2, -0.15) is 0 Å². The van der Waals surface area contributed by atoms with Crippen LogP contribution in [0.25, 0.3) is 0 Å². The summed E-state index contributed by atoms with van der Waals surface area (Å²) in [5.41, 5.74) is 0.467. The molecule has 1 aromatic carbocycles. The van der Waals surface area contributed by atoms with Crippen molar-refractivity contribution < 1.29 is 19.9 Å². The van der Waals surface area contributed by atoms with Crippen molar-refractivity contribution in [1.29, 1.82) is 0 Å². The second kappa shape index (κ2) is 6.08. The van der Waals surface area contributed by atoms with Crippen molar-refractivity contribution >= 4 is 11.6 Å². The summed E-state index contributed by atoms with van der Waals surface area (Å²) in [6, 6.07) is 4.12. The largest absolute Gasteiger partial charge is 0.394 e. The molecule has 1 amide bonds. The van der Waals surface area contributed by atoms with Crippen molar-refractivity contribution in [3.63, 3.8) is 0 Å². The molecule has 0 heterocycles. The maximum Gasteiger partial charge on any atom is 0.273 e. The Labute approximate surface area is 103 Å².